The second-order valence-electron chi connectivity index (χ2n) is 5.73. The molecule has 2 aromatic rings. The lowest BCUT2D eigenvalue weighted by Gasteiger charge is -2.20. The highest BCUT2D eigenvalue weighted by Gasteiger charge is 2.21. The predicted molar refractivity (Wildman–Crippen MR) is 103 cm³/mol. The minimum Gasteiger partial charge on any atom is -0.497 e. The zero-order chi connectivity index (χ0) is 20.0. The lowest BCUT2D eigenvalue weighted by atomic mass is 10.2. The molecule has 8 heteroatoms. The summed E-state index contributed by atoms with van der Waals surface area (Å²) in [6.07, 6.45) is -0.153. The Labute approximate surface area is 159 Å². The molecule has 2 rings (SSSR count). The molecule has 0 radical (unpaired) electrons. The van der Waals surface area contributed by atoms with Crippen molar-refractivity contribution in [2.45, 2.75) is 11.3 Å². The molecule has 0 aliphatic heterocycles. The van der Waals surface area contributed by atoms with Gasteiger partial charge in [0.1, 0.15) is 17.2 Å². The SMILES string of the molecule is COc1ccc(S(=O)(=O)CCC(=O)N(C)c2ccc(OC)cc2OC)cc1. The number of nitrogens with zero attached hydrogens (tertiary/aromatic N) is 1. The average molecular weight is 393 g/mol. The van der Waals surface area contributed by atoms with Crippen LogP contribution in [0.1, 0.15) is 6.42 Å². The molecular formula is C19H23NO6S. The van der Waals surface area contributed by atoms with Crippen LogP contribution in [0.3, 0.4) is 0 Å². The molecule has 27 heavy (non-hydrogen) atoms. The molecule has 0 saturated carbocycles. The van der Waals surface area contributed by atoms with Gasteiger partial charge < -0.3 is 19.1 Å². The number of ether oxygens (including phenoxy) is 3. The highest BCUT2D eigenvalue weighted by atomic mass is 32.2. The fourth-order valence-corrected chi connectivity index (χ4v) is 3.72. The Morgan fingerprint density at radius 2 is 1.52 bits per heavy atom. The molecule has 0 N–H and O–H groups in total. The van der Waals surface area contributed by atoms with Gasteiger partial charge in [-0.2, -0.15) is 0 Å². The van der Waals surface area contributed by atoms with Crippen LogP contribution in [0.5, 0.6) is 17.2 Å². The number of carbonyl (C=O) groups is 1. The molecule has 0 fully saturated rings. The fourth-order valence-electron chi connectivity index (χ4n) is 2.49. The molecule has 0 bridgehead atoms. The van der Waals surface area contributed by atoms with Crippen molar-refractivity contribution in [2.75, 3.05) is 39.0 Å². The Bertz CT molecular complexity index is 893. The van der Waals surface area contributed by atoms with E-state index in [1.54, 1.807) is 37.4 Å². The number of amides is 1. The third-order valence-corrected chi connectivity index (χ3v) is 5.86. The summed E-state index contributed by atoms with van der Waals surface area (Å²) in [7, 11) is 2.53. The van der Waals surface area contributed by atoms with E-state index >= 15 is 0 Å². The third kappa shape index (κ3) is 4.91. The van der Waals surface area contributed by atoms with Crippen molar-refractivity contribution in [1.29, 1.82) is 0 Å². The Morgan fingerprint density at radius 1 is 0.926 bits per heavy atom. The van der Waals surface area contributed by atoms with E-state index in [4.69, 9.17) is 14.2 Å². The van der Waals surface area contributed by atoms with Gasteiger partial charge in [0.15, 0.2) is 9.84 Å². The molecule has 0 aliphatic rings. The Balaban J connectivity index is 2.10. The molecule has 0 heterocycles. The maximum Gasteiger partial charge on any atom is 0.227 e. The van der Waals surface area contributed by atoms with Gasteiger partial charge in [-0.1, -0.05) is 0 Å². The summed E-state index contributed by atoms with van der Waals surface area (Å²) in [5.41, 5.74) is 0.533. The van der Waals surface area contributed by atoms with Gasteiger partial charge in [-0.3, -0.25) is 4.79 Å². The van der Waals surface area contributed by atoms with Gasteiger partial charge in [0.05, 0.1) is 37.7 Å². The molecule has 2 aromatic carbocycles. The van der Waals surface area contributed by atoms with Crippen molar-refractivity contribution in [3.8, 4) is 17.2 Å². The number of hydrogen-bond donors (Lipinski definition) is 0. The van der Waals surface area contributed by atoms with Gasteiger partial charge in [-0.05, 0) is 36.4 Å². The van der Waals surface area contributed by atoms with Gasteiger partial charge >= 0.3 is 0 Å². The molecule has 0 unspecified atom stereocenters. The number of sulfone groups is 1. The summed E-state index contributed by atoms with van der Waals surface area (Å²) in [4.78, 5) is 14.0. The van der Waals surface area contributed by atoms with E-state index in [0.29, 0.717) is 22.9 Å². The maximum absolute atomic E-state index is 12.5. The van der Waals surface area contributed by atoms with Crippen molar-refractivity contribution in [3.05, 3.63) is 42.5 Å². The van der Waals surface area contributed by atoms with E-state index in [9.17, 15) is 13.2 Å². The van der Waals surface area contributed by atoms with Crippen LogP contribution in [0.15, 0.2) is 47.4 Å². The van der Waals surface area contributed by atoms with Crippen LogP contribution in [0.25, 0.3) is 0 Å². The fraction of sp³-hybridized carbons (Fsp3) is 0.316. The van der Waals surface area contributed by atoms with Gasteiger partial charge in [0.25, 0.3) is 0 Å². The van der Waals surface area contributed by atoms with Crippen molar-refractivity contribution >= 4 is 21.4 Å². The van der Waals surface area contributed by atoms with Crippen LogP contribution in [-0.4, -0.2) is 48.5 Å². The number of rotatable bonds is 8. The first kappa shape index (κ1) is 20.6. The van der Waals surface area contributed by atoms with Gasteiger partial charge in [0.2, 0.25) is 5.91 Å². The van der Waals surface area contributed by atoms with Gasteiger partial charge in [-0.25, -0.2) is 8.42 Å². The number of benzene rings is 2. The minimum atomic E-state index is -3.58. The summed E-state index contributed by atoms with van der Waals surface area (Å²) >= 11 is 0. The van der Waals surface area contributed by atoms with Crippen molar-refractivity contribution < 1.29 is 27.4 Å². The highest BCUT2D eigenvalue weighted by Crippen LogP contribution is 2.32. The first-order valence-corrected chi connectivity index (χ1v) is 9.83. The Morgan fingerprint density at radius 3 is 2.07 bits per heavy atom. The molecule has 0 aromatic heterocycles. The topological polar surface area (TPSA) is 82.1 Å². The largest absolute Gasteiger partial charge is 0.497 e. The summed E-state index contributed by atoms with van der Waals surface area (Å²) in [6, 6.07) is 11.1. The number of hydrogen-bond acceptors (Lipinski definition) is 6. The van der Waals surface area contributed by atoms with Gasteiger partial charge in [0, 0.05) is 19.5 Å². The lowest BCUT2D eigenvalue weighted by Crippen LogP contribution is -2.28. The van der Waals surface area contributed by atoms with Crippen molar-refractivity contribution in [1.82, 2.24) is 0 Å². The zero-order valence-corrected chi connectivity index (χ0v) is 16.6. The van der Waals surface area contributed by atoms with E-state index in [1.807, 2.05) is 0 Å². The van der Waals surface area contributed by atoms with Crippen LogP contribution in [0.2, 0.25) is 0 Å². The Kier molecular flexibility index (Phi) is 6.68. The lowest BCUT2D eigenvalue weighted by molar-refractivity contribution is -0.118. The molecule has 0 aliphatic carbocycles. The smallest absolute Gasteiger partial charge is 0.227 e. The first-order valence-electron chi connectivity index (χ1n) is 8.17. The van der Waals surface area contributed by atoms with Crippen molar-refractivity contribution in [3.63, 3.8) is 0 Å². The molecule has 7 nitrogen and oxygen atoms in total. The number of methoxy groups -OCH3 is 3. The van der Waals surface area contributed by atoms with E-state index in [1.165, 1.54) is 38.4 Å². The standard InChI is InChI=1S/C19H23NO6S/c1-20(17-10-7-15(25-3)13-18(17)26-4)19(21)11-12-27(22,23)16-8-5-14(24-2)6-9-16/h5-10,13H,11-12H2,1-4H3. The van der Waals surface area contributed by atoms with Gasteiger partial charge in [-0.15, -0.1) is 0 Å². The van der Waals surface area contributed by atoms with Crippen LogP contribution in [-0.2, 0) is 14.6 Å². The van der Waals surface area contributed by atoms with Crippen LogP contribution in [0, 0.1) is 0 Å². The van der Waals surface area contributed by atoms with Crippen LogP contribution >= 0.6 is 0 Å². The molecule has 1 amide bonds. The van der Waals surface area contributed by atoms with Crippen LogP contribution in [0.4, 0.5) is 5.69 Å². The molecule has 0 saturated heterocycles. The maximum atomic E-state index is 12.5. The molecule has 0 spiro atoms. The average Bonchev–Trinajstić information content (AvgIpc) is 2.70. The normalized spacial score (nSPS) is 11.0. The number of anilines is 1. The number of carbonyl (C=O) groups excluding carboxylic acids is 1. The Hall–Kier alpha value is -2.74. The van der Waals surface area contributed by atoms with E-state index in [-0.39, 0.29) is 23.0 Å². The van der Waals surface area contributed by atoms with E-state index < -0.39 is 9.84 Å². The summed E-state index contributed by atoms with van der Waals surface area (Å²) in [5, 5.41) is 0. The van der Waals surface area contributed by atoms with E-state index in [0.717, 1.165) is 0 Å². The zero-order valence-electron chi connectivity index (χ0n) is 15.8. The summed E-state index contributed by atoms with van der Waals surface area (Å²) in [6.45, 7) is 0. The summed E-state index contributed by atoms with van der Waals surface area (Å²) in [5.74, 6) is 0.995. The quantitative estimate of drug-likeness (QED) is 0.685. The molecule has 146 valence electrons. The second kappa shape index (κ2) is 8.77. The minimum absolute atomic E-state index is 0.153. The monoisotopic (exact) mass is 393 g/mol. The first-order chi connectivity index (χ1) is 12.8. The summed E-state index contributed by atoms with van der Waals surface area (Å²) < 4.78 is 40.4. The van der Waals surface area contributed by atoms with Crippen molar-refractivity contribution in [2.24, 2.45) is 0 Å². The second-order valence-corrected chi connectivity index (χ2v) is 7.84. The highest BCUT2D eigenvalue weighted by molar-refractivity contribution is 7.91. The molecular weight excluding hydrogens is 370 g/mol. The molecule has 0 atom stereocenters. The third-order valence-electron chi connectivity index (χ3n) is 4.13. The van der Waals surface area contributed by atoms with Crippen LogP contribution < -0.4 is 19.1 Å². The van der Waals surface area contributed by atoms with E-state index in [2.05, 4.69) is 0 Å². The predicted octanol–water partition coefficient (Wildman–Crippen LogP) is 2.54.